The summed E-state index contributed by atoms with van der Waals surface area (Å²) in [5.41, 5.74) is -1.04. The summed E-state index contributed by atoms with van der Waals surface area (Å²) in [6.45, 7) is 7.61. The molecule has 0 amide bonds. The Balaban J connectivity index is 1.53. The zero-order valence-electron chi connectivity index (χ0n) is 18.5. The average molecular weight is 417 g/mol. The van der Waals surface area contributed by atoms with Crippen LogP contribution in [0.5, 0.6) is 0 Å². The Morgan fingerprint density at radius 3 is 2.50 bits per heavy atom. The SMILES string of the molecule is CCC(=O)O[C@@]1(C(C)=O)CC[C@H]2[C@@H]3C[C@@H](F)C4=CC(=O)C5CC5[C@@]4(C)[C@@H]3CC[C@@]21C. The molecule has 0 bridgehead atoms. The first-order valence-corrected chi connectivity index (χ1v) is 11.7. The molecular weight excluding hydrogens is 383 g/mol. The van der Waals surface area contributed by atoms with Crippen molar-refractivity contribution in [3.63, 3.8) is 0 Å². The smallest absolute Gasteiger partial charge is 0.306 e. The number of ether oxygens (including phenoxy) is 1. The lowest BCUT2D eigenvalue weighted by molar-refractivity contribution is -0.189. The van der Waals surface area contributed by atoms with Gasteiger partial charge in [0.1, 0.15) is 6.17 Å². The van der Waals surface area contributed by atoms with Gasteiger partial charge in [-0.2, -0.15) is 0 Å². The molecule has 5 heteroatoms. The van der Waals surface area contributed by atoms with Gasteiger partial charge in [0.25, 0.3) is 0 Å². The molecule has 4 saturated carbocycles. The lowest BCUT2D eigenvalue weighted by Crippen LogP contribution is -2.60. The van der Waals surface area contributed by atoms with Crippen molar-refractivity contribution in [3.8, 4) is 0 Å². The van der Waals surface area contributed by atoms with Gasteiger partial charge in [0, 0.05) is 17.8 Å². The van der Waals surface area contributed by atoms with E-state index in [0.29, 0.717) is 18.8 Å². The van der Waals surface area contributed by atoms with E-state index < -0.39 is 17.2 Å². The molecule has 0 aliphatic heterocycles. The largest absolute Gasteiger partial charge is 0.450 e. The van der Waals surface area contributed by atoms with Gasteiger partial charge in [0.15, 0.2) is 17.2 Å². The van der Waals surface area contributed by atoms with Gasteiger partial charge in [0.05, 0.1) is 0 Å². The number of allylic oxidation sites excluding steroid dienone is 1. The number of alkyl halides is 1. The lowest BCUT2D eigenvalue weighted by Gasteiger charge is -2.59. The second-order valence-corrected chi connectivity index (χ2v) is 11.0. The Kier molecular flexibility index (Phi) is 4.25. The Bertz CT molecular complexity index is 863. The number of carbonyl (C=O) groups excluding carboxylic acids is 3. The lowest BCUT2D eigenvalue weighted by atomic mass is 9.45. The molecule has 0 N–H and O–H groups in total. The van der Waals surface area contributed by atoms with Crippen molar-refractivity contribution in [2.24, 2.45) is 40.4 Å². The van der Waals surface area contributed by atoms with Crippen LogP contribution in [-0.2, 0) is 19.1 Å². The second-order valence-electron chi connectivity index (χ2n) is 11.0. The van der Waals surface area contributed by atoms with E-state index in [1.54, 1.807) is 19.9 Å². The van der Waals surface area contributed by atoms with Crippen LogP contribution in [0.3, 0.4) is 0 Å². The molecule has 30 heavy (non-hydrogen) atoms. The number of rotatable bonds is 3. The van der Waals surface area contributed by atoms with Gasteiger partial charge in [-0.05, 0) is 86.2 Å². The zero-order chi connectivity index (χ0) is 21.6. The maximum Gasteiger partial charge on any atom is 0.306 e. The fraction of sp³-hybridized carbons (Fsp3) is 0.800. The number of fused-ring (bicyclic) bond motifs is 7. The van der Waals surface area contributed by atoms with Crippen LogP contribution in [0.4, 0.5) is 4.39 Å². The van der Waals surface area contributed by atoms with Crippen molar-refractivity contribution in [2.75, 3.05) is 0 Å². The number of ketones is 2. The monoisotopic (exact) mass is 416 g/mol. The van der Waals surface area contributed by atoms with E-state index in [0.717, 1.165) is 31.3 Å². The molecule has 0 saturated heterocycles. The van der Waals surface area contributed by atoms with E-state index in [1.165, 1.54) is 0 Å². The van der Waals surface area contributed by atoms with E-state index in [4.69, 9.17) is 4.74 Å². The number of hydrogen-bond donors (Lipinski definition) is 0. The predicted molar refractivity (Wildman–Crippen MR) is 109 cm³/mol. The summed E-state index contributed by atoms with van der Waals surface area (Å²) in [6, 6.07) is 0. The fourth-order valence-electron chi connectivity index (χ4n) is 8.53. The summed E-state index contributed by atoms with van der Waals surface area (Å²) >= 11 is 0. The Labute approximate surface area is 178 Å². The van der Waals surface area contributed by atoms with Crippen LogP contribution in [0.1, 0.15) is 72.6 Å². The first-order valence-electron chi connectivity index (χ1n) is 11.7. The molecule has 4 fully saturated rings. The highest BCUT2D eigenvalue weighted by molar-refractivity contribution is 5.96. The number of carbonyl (C=O) groups is 3. The topological polar surface area (TPSA) is 60.4 Å². The first-order chi connectivity index (χ1) is 14.1. The van der Waals surface area contributed by atoms with Gasteiger partial charge >= 0.3 is 5.97 Å². The number of hydrogen-bond acceptors (Lipinski definition) is 4. The fourth-order valence-corrected chi connectivity index (χ4v) is 8.53. The minimum atomic E-state index is -1.09. The van der Waals surface area contributed by atoms with Crippen molar-refractivity contribution in [1.82, 2.24) is 0 Å². The van der Waals surface area contributed by atoms with Crippen molar-refractivity contribution < 1.29 is 23.5 Å². The van der Waals surface area contributed by atoms with Crippen molar-refractivity contribution >= 4 is 17.5 Å². The summed E-state index contributed by atoms with van der Waals surface area (Å²) in [5, 5.41) is 0. The van der Waals surface area contributed by atoms with Crippen molar-refractivity contribution in [3.05, 3.63) is 11.6 Å². The van der Waals surface area contributed by atoms with Gasteiger partial charge in [-0.1, -0.05) is 20.8 Å². The molecule has 0 aromatic carbocycles. The van der Waals surface area contributed by atoms with Crippen LogP contribution in [0, 0.1) is 40.4 Å². The average Bonchev–Trinajstić information content (AvgIpc) is 3.45. The van der Waals surface area contributed by atoms with Crippen LogP contribution in [0.15, 0.2) is 11.6 Å². The van der Waals surface area contributed by atoms with Gasteiger partial charge in [-0.3, -0.25) is 14.4 Å². The van der Waals surface area contributed by atoms with Gasteiger partial charge < -0.3 is 4.74 Å². The van der Waals surface area contributed by atoms with E-state index in [9.17, 15) is 14.4 Å². The number of esters is 1. The quantitative estimate of drug-likeness (QED) is 0.631. The summed E-state index contributed by atoms with van der Waals surface area (Å²) in [7, 11) is 0. The highest BCUT2D eigenvalue weighted by Gasteiger charge is 2.71. The molecule has 5 rings (SSSR count). The minimum absolute atomic E-state index is 0.0716. The van der Waals surface area contributed by atoms with E-state index in [-0.39, 0.29) is 53.0 Å². The third-order valence-electron chi connectivity index (χ3n) is 10.1. The maximum absolute atomic E-state index is 15.5. The maximum atomic E-state index is 15.5. The molecule has 2 unspecified atom stereocenters. The molecule has 164 valence electrons. The Hall–Kier alpha value is -1.52. The molecular formula is C25H33FO4. The number of halogens is 1. The van der Waals surface area contributed by atoms with Crippen LogP contribution in [-0.4, -0.2) is 29.3 Å². The summed E-state index contributed by atoms with van der Waals surface area (Å²) in [4.78, 5) is 37.5. The molecule has 5 aliphatic carbocycles. The summed E-state index contributed by atoms with van der Waals surface area (Å²) in [6.07, 6.45) is 5.15. The van der Waals surface area contributed by atoms with E-state index >= 15 is 4.39 Å². The molecule has 0 radical (unpaired) electrons. The molecule has 0 aromatic rings. The third kappa shape index (κ3) is 2.30. The Morgan fingerprint density at radius 1 is 1.13 bits per heavy atom. The second kappa shape index (κ2) is 6.26. The number of Topliss-reactive ketones (excluding diaryl/α,β-unsaturated/α-hetero) is 1. The van der Waals surface area contributed by atoms with Gasteiger partial charge in [-0.15, -0.1) is 0 Å². The molecule has 0 aromatic heterocycles. The standard InChI is InChI=1S/C25H33FO4/c1-5-22(29)30-25(13(2)27)9-7-16-14-11-20(26)19-12-21(28)15-10-18(15)24(19,4)17(14)6-8-23(16,25)3/h12,14-18,20H,5-11H2,1-4H3/t14-,15?,16-,17+,18?,20+,23-,24+,25+/m0/s1. The molecule has 9 atom stereocenters. The van der Waals surface area contributed by atoms with Crippen molar-refractivity contribution in [2.45, 2.75) is 84.4 Å². The summed E-state index contributed by atoms with van der Waals surface area (Å²) < 4.78 is 21.5. The molecule has 4 nitrogen and oxygen atoms in total. The normalized spacial score (nSPS) is 51.1. The van der Waals surface area contributed by atoms with Crippen LogP contribution in [0.25, 0.3) is 0 Å². The van der Waals surface area contributed by atoms with Gasteiger partial charge in [0.2, 0.25) is 0 Å². The van der Waals surface area contributed by atoms with Gasteiger partial charge in [-0.25, -0.2) is 4.39 Å². The molecule has 5 aliphatic rings. The summed E-state index contributed by atoms with van der Waals surface area (Å²) in [5.74, 6) is 0.746. The minimum Gasteiger partial charge on any atom is -0.450 e. The third-order valence-corrected chi connectivity index (χ3v) is 10.1. The van der Waals surface area contributed by atoms with Crippen molar-refractivity contribution in [1.29, 1.82) is 0 Å². The zero-order valence-corrected chi connectivity index (χ0v) is 18.5. The highest BCUT2D eigenvalue weighted by Crippen LogP contribution is 2.72. The predicted octanol–water partition coefficient (Wildman–Crippen LogP) is 4.60. The first kappa shape index (κ1) is 20.4. The van der Waals surface area contributed by atoms with Crippen LogP contribution < -0.4 is 0 Å². The van der Waals surface area contributed by atoms with E-state index in [1.807, 2.05) is 0 Å². The van der Waals surface area contributed by atoms with E-state index in [2.05, 4.69) is 13.8 Å². The highest BCUT2D eigenvalue weighted by atomic mass is 19.1. The van der Waals surface area contributed by atoms with Crippen LogP contribution in [0.2, 0.25) is 0 Å². The molecule has 0 heterocycles. The molecule has 0 spiro atoms. The Morgan fingerprint density at radius 2 is 1.83 bits per heavy atom. The van der Waals surface area contributed by atoms with Crippen LogP contribution >= 0.6 is 0 Å².